The van der Waals surface area contributed by atoms with Crippen molar-refractivity contribution in [3.05, 3.63) is 46.8 Å². The second kappa shape index (κ2) is 5.52. The van der Waals surface area contributed by atoms with E-state index in [1.54, 1.807) is 0 Å². The Hall–Kier alpha value is -2.10. The van der Waals surface area contributed by atoms with Gasteiger partial charge in [-0.25, -0.2) is 9.48 Å². The van der Waals surface area contributed by atoms with Crippen LogP contribution < -0.4 is 0 Å². The minimum absolute atomic E-state index is 0.180. The van der Waals surface area contributed by atoms with Gasteiger partial charge in [0.1, 0.15) is 0 Å². The lowest BCUT2D eigenvalue weighted by atomic mass is 9.71. The summed E-state index contributed by atoms with van der Waals surface area (Å²) in [6.45, 7) is 8.73. The molecule has 0 radical (unpaired) electrons. The molecule has 1 heterocycles. The lowest BCUT2D eigenvalue weighted by molar-refractivity contribution is 0.0687. The summed E-state index contributed by atoms with van der Waals surface area (Å²) in [5.41, 5.74) is 4.50. The zero-order chi connectivity index (χ0) is 16.8. The van der Waals surface area contributed by atoms with E-state index in [2.05, 4.69) is 25.9 Å². The quantitative estimate of drug-likeness (QED) is 0.911. The zero-order valence-corrected chi connectivity index (χ0v) is 14.3. The van der Waals surface area contributed by atoms with Gasteiger partial charge < -0.3 is 5.11 Å². The van der Waals surface area contributed by atoms with Gasteiger partial charge in [0.2, 0.25) is 0 Å². The molecule has 4 heteroatoms. The maximum absolute atomic E-state index is 11.7. The Balaban J connectivity index is 2.08. The number of aromatic nitrogens is 2. The number of carboxylic acid groups (broad SMARTS) is 1. The predicted molar refractivity (Wildman–Crippen MR) is 90.2 cm³/mol. The molecule has 23 heavy (non-hydrogen) atoms. The summed E-state index contributed by atoms with van der Waals surface area (Å²) in [4.78, 5) is 11.7. The van der Waals surface area contributed by atoms with Gasteiger partial charge in [0.05, 0.1) is 5.69 Å². The molecule has 4 nitrogen and oxygen atoms in total. The van der Waals surface area contributed by atoms with Gasteiger partial charge in [0.25, 0.3) is 0 Å². The van der Waals surface area contributed by atoms with Gasteiger partial charge in [-0.15, -0.1) is 0 Å². The first kappa shape index (κ1) is 15.8. The van der Waals surface area contributed by atoms with Crippen molar-refractivity contribution >= 4 is 5.97 Å². The molecule has 1 aromatic carbocycles. The van der Waals surface area contributed by atoms with Gasteiger partial charge in [0, 0.05) is 11.3 Å². The Labute approximate surface area is 137 Å². The number of carbonyl (C=O) groups is 1. The lowest BCUT2D eigenvalue weighted by Gasteiger charge is -2.34. The fourth-order valence-corrected chi connectivity index (χ4v) is 3.43. The molecule has 1 aromatic heterocycles. The highest BCUT2D eigenvalue weighted by molar-refractivity contribution is 5.87. The smallest absolute Gasteiger partial charge is 0.356 e. The second-order valence-corrected chi connectivity index (χ2v) is 7.63. The molecule has 0 bridgehead atoms. The molecule has 2 aromatic rings. The molecule has 0 fully saturated rings. The van der Waals surface area contributed by atoms with Crippen LogP contribution in [0.25, 0.3) is 5.69 Å². The maximum atomic E-state index is 11.7. The van der Waals surface area contributed by atoms with Crippen molar-refractivity contribution in [1.29, 1.82) is 0 Å². The molecule has 0 amide bonds. The van der Waals surface area contributed by atoms with E-state index in [9.17, 15) is 9.90 Å². The summed E-state index contributed by atoms with van der Waals surface area (Å²) in [6, 6.07) is 8.07. The third-order valence-electron chi connectivity index (χ3n) is 4.98. The van der Waals surface area contributed by atoms with E-state index in [1.807, 2.05) is 35.9 Å². The van der Waals surface area contributed by atoms with E-state index in [0.29, 0.717) is 5.92 Å². The number of hydrogen-bond acceptors (Lipinski definition) is 2. The van der Waals surface area contributed by atoms with Crippen LogP contribution in [0.2, 0.25) is 0 Å². The van der Waals surface area contributed by atoms with E-state index in [1.165, 1.54) is 5.56 Å². The Morgan fingerprint density at radius 2 is 1.91 bits per heavy atom. The fourth-order valence-electron chi connectivity index (χ4n) is 3.43. The first-order valence-electron chi connectivity index (χ1n) is 8.18. The Morgan fingerprint density at radius 1 is 1.26 bits per heavy atom. The number of rotatable bonds is 2. The molecule has 122 valence electrons. The summed E-state index contributed by atoms with van der Waals surface area (Å²) in [5, 5.41) is 14.0. The molecule has 1 aliphatic rings. The minimum atomic E-state index is -0.929. The van der Waals surface area contributed by atoms with E-state index < -0.39 is 5.97 Å². The van der Waals surface area contributed by atoms with Crippen molar-refractivity contribution in [2.75, 3.05) is 0 Å². The molecule has 0 aliphatic heterocycles. The van der Waals surface area contributed by atoms with Gasteiger partial charge in [-0.2, -0.15) is 5.10 Å². The van der Waals surface area contributed by atoms with Crippen LogP contribution in [0.15, 0.2) is 24.3 Å². The first-order chi connectivity index (χ1) is 10.8. The van der Waals surface area contributed by atoms with E-state index in [-0.39, 0.29) is 11.1 Å². The number of carboxylic acids is 1. The van der Waals surface area contributed by atoms with Crippen LogP contribution in [0.1, 0.15) is 54.5 Å². The molecular formula is C19H24N2O2. The van der Waals surface area contributed by atoms with Crippen molar-refractivity contribution in [3.8, 4) is 5.69 Å². The third-order valence-corrected chi connectivity index (χ3v) is 4.98. The largest absolute Gasteiger partial charge is 0.476 e. The van der Waals surface area contributed by atoms with E-state index in [4.69, 9.17) is 0 Å². The summed E-state index contributed by atoms with van der Waals surface area (Å²) in [7, 11) is 0. The Kier molecular flexibility index (Phi) is 3.78. The first-order valence-corrected chi connectivity index (χ1v) is 8.18. The van der Waals surface area contributed by atoms with Gasteiger partial charge in [-0.1, -0.05) is 38.5 Å². The molecule has 1 N–H and O–H groups in total. The van der Waals surface area contributed by atoms with Crippen LogP contribution in [-0.2, 0) is 12.8 Å². The number of fused-ring (bicyclic) bond motifs is 1. The number of aryl methyl sites for hydroxylation is 1. The van der Waals surface area contributed by atoms with Gasteiger partial charge >= 0.3 is 5.97 Å². The topological polar surface area (TPSA) is 55.1 Å². The predicted octanol–water partition coefficient (Wildman–Crippen LogP) is 4.03. The highest BCUT2D eigenvalue weighted by atomic mass is 16.4. The van der Waals surface area contributed by atoms with Crippen molar-refractivity contribution in [2.45, 2.75) is 47.0 Å². The Bertz CT molecular complexity index is 736. The summed E-state index contributed by atoms with van der Waals surface area (Å²) in [6.07, 6.45) is 2.75. The monoisotopic (exact) mass is 312 g/mol. The van der Waals surface area contributed by atoms with E-state index >= 15 is 0 Å². The molecule has 0 saturated heterocycles. The summed E-state index contributed by atoms with van der Waals surface area (Å²) >= 11 is 0. The van der Waals surface area contributed by atoms with Gasteiger partial charge in [-0.3, -0.25) is 0 Å². The van der Waals surface area contributed by atoms with Crippen LogP contribution in [-0.4, -0.2) is 20.9 Å². The minimum Gasteiger partial charge on any atom is -0.476 e. The van der Waals surface area contributed by atoms with Gasteiger partial charge in [-0.05, 0) is 49.7 Å². The average molecular weight is 312 g/mol. The van der Waals surface area contributed by atoms with Crippen molar-refractivity contribution < 1.29 is 9.90 Å². The number of aromatic carboxylic acids is 1. The summed E-state index contributed by atoms with van der Waals surface area (Å²) < 4.78 is 1.83. The average Bonchev–Trinajstić information content (AvgIpc) is 2.86. The van der Waals surface area contributed by atoms with Crippen LogP contribution >= 0.6 is 0 Å². The second-order valence-electron chi connectivity index (χ2n) is 7.63. The van der Waals surface area contributed by atoms with Gasteiger partial charge in [0.15, 0.2) is 5.69 Å². The van der Waals surface area contributed by atoms with Crippen molar-refractivity contribution in [1.82, 2.24) is 9.78 Å². The molecule has 0 spiro atoms. The molecule has 0 saturated carbocycles. The van der Waals surface area contributed by atoms with Crippen LogP contribution in [0.3, 0.4) is 0 Å². The zero-order valence-electron chi connectivity index (χ0n) is 14.3. The lowest BCUT2D eigenvalue weighted by Crippen LogP contribution is -2.27. The van der Waals surface area contributed by atoms with E-state index in [0.717, 1.165) is 36.2 Å². The fraction of sp³-hybridized carbons (Fsp3) is 0.474. The molecular weight excluding hydrogens is 288 g/mol. The SMILES string of the molecule is Cc1ccc(-n2nc(C(=O)O)c3c2CCC(C(C)(C)C)C3)cc1. The standard InChI is InChI=1S/C19H24N2O2/c1-12-5-8-14(9-6-12)21-16-10-7-13(19(2,3)4)11-15(16)17(20-21)18(22)23/h5-6,8-9,13H,7,10-11H2,1-4H3,(H,22,23). The number of hydrogen-bond donors (Lipinski definition) is 1. The maximum Gasteiger partial charge on any atom is 0.356 e. The third kappa shape index (κ3) is 2.90. The molecule has 1 aliphatic carbocycles. The molecule has 1 atom stereocenters. The summed E-state index contributed by atoms with van der Waals surface area (Å²) in [5.74, 6) is -0.439. The van der Waals surface area contributed by atoms with Crippen molar-refractivity contribution in [2.24, 2.45) is 11.3 Å². The molecule has 1 unspecified atom stereocenters. The number of benzene rings is 1. The van der Waals surface area contributed by atoms with Crippen molar-refractivity contribution in [3.63, 3.8) is 0 Å². The highest BCUT2D eigenvalue weighted by Crippen LogP contribution is 2.39. The highest BCUT2D eigenvalue weighted by Gasteiger charge is 2.34. The normalized spacial score (nSPS) is 17.8. The number of nitrogens with zero attached hydrogens (tertiary/aromatic N) is 2. The molecule has 3 rings (SSSR count). The van der Waals surface area contributed by atoms with Crippen LogP contribution in [0.5, 0.6) is 0 Å². The van der Waals surface area contributed by atoms with Crippen LogP contribution in [0, 0.1) is 18.3 Å². The van der Waals surface area contributed by atoms with Crippen LogP contribution in [0.4, 0.5) is 0 Å². The Morgan fingerprint density at radius 3 is 2.48 bits per heavy atom.